The van der Waals surface area contributed by atoms with Crippen LogP contribution in [0.1, 0.15) is 18.4 Å². The number of hydrogen-bond acceptors (Lipinski definition) is 3. The number of piperidine rings is 1. The number of urea groups is 1. The number of hydroxylamine groups is 2. The summed E-state index contributed by atoms with van der Waals surface area (Å²) in [5.41, 5.74) is 6.79. The first kappa shape index (κ1) is 15.1. The summed E-state index contributed by atoms with van der Waals surface area (Å²) in [4.78, 5) is 17.1. The summed E-state index contributed by atoms with van der Waals surface area (Å²) in [6.07, 6.45) is -3.72. The number of fused-ring (bicyclic) bond motifs is 2. The fourth-order valence-corrected chi connectivity index (χ4v) is 3.41. The van der Waals surface area contributed by atoms with Crippen molar-refractivity contribution < 1.29 is 22.8 Å². The maximum Gasteiger partial charge on any atom is 0.539 e. The van der Waals surface area contributed by atoms with Gasteiger partial charge in [-0.1, -0.05) is 18.2 Å². The molecule has 0 aromatic heterocycles. The van der Waals surface area contributed by atoms with Gasteiger partial charge in [-0.15, -0.1) is 13.2 Å². The number of hydrogen-bond donors (Lipinski definition) is 1. The van der Waals surface area contributed by atoms with Crippen LogP contribution in [-0.4, -0.2) is 37.1 Å². The normalized spacial score (nSPS) is 21.1. The van der Waals surface area contributed by atoms with E-state index in [1.807, 2.05) is 24.3 Å². The number of para-hydroxylation sites is 1. The van der Waals surface area contributed by atoms with Crippen LogP contribution in [0.4, 0.5) is 23.7 Å². The van der Waals surface area contributed by atoms with Crippen molar-refractivity contribution in [2.75, 3.05) is 24.5 Å². The van der Waals surface area contributed by atoms with E-state index in [9.17, 15) is 18.0 Å². The second-order valence-electron chi connectivity index (χ2n) is 5.69. The van der Waals surface area contributed by atoms with Gasteiger partial charge in [-0.25, -0.2) is 9.63 Å². The molecule has 5 nitrogen and oxygen atoms in total. The molecule has 0 bridgehead atoms. The number of halogens is 3. The van der Waals surface area contributed by atoms with E-state index in [1.165, 1.54) is 4.90 Å². The van der Waals surface area contributed by atoms with Gasteiger partial charge in [0.2, 0.25) is 0 Å². The quantitative estimate of drug-likeness (QED) is 0.865. The van der Waals surface area contributed by atoms with Gasteiger partial charge < -0.3 is 5.73 Å². The van der Waals surface area contributed by atoms with Gasteiger partial charge >= 0.3 is 12.4 Å². The molecule has 1 spiro atoms. The van der Waals surface area contributed by atoms with Crippen LogP contribution in [0.25, 0.3) is 0 Å². The molecule has 1 fully saturated rings. The van der Waals surface area contributed by atoms with E-state index in [-0.39, 0.29) is 18.5 Å². The second-order valence-corrected chi connectivity index (χ2v) is 5.69. The number of carbonyl (C=O) groups is 1. The molecule has 0 saturated carbocycles. The Bertz CT molecular complexity index is 583. The highest BCUT2D eigenvalue weighted by Crippen LogP contribution is 2.47. The predicted octanol–water partition coefficient (Wildman–Crippen LogP) is 2.37. The SMILES string of the molecule is NC(=O)N1CC2(CCN(OC(F)(F)F)CC2)c2ccccc21. The summed E-state index contributed by atoms with van der Waals surface area (Å²) >= 11 is 0. The first-order valence-electron chi connectivity index (χ1n) is 6.98. The molecule has 0 unspecified atom stereocenters. The largest absolute Gasteiger partial charge is 0.539 e. The number of primary amides is 1. The lowest BCUT2D eigenvalue weighted by Gasteiger charge is -2.39. The van der Waals surface area contributed by atoms with E-state index in [0.717, 1.165) is 16.3 Å². The summed E-state index contributed by atoms with van der Waals surface area (Å²) in [6, 6.07) is 6.86. The van der Waals surface area contributed by atoms with Crippen molar-refractivity contribution in [2.45, 2.75) is 24.6 Å². The monoisotopic (exact) mass is 315 g/mol. The Hall–Kier alpha value is -1.80. The molecular formula is C14H16F3N3O2. The Morgan fingerprint density at radius 1 is 1.23 bits per heavy atom. The molecule has 2 N–H and O–H groups in total. The van der Waals surface area contributed by atoms with Crippen molar-refractivity contribution in [3.8, 4) is 0 Å². The standard InChI is InChI=1S/C14H16F3N3O2/c15-14(16,17)22-19-7-5-13(6-8-19)9-20(12(18)21)11-4-2-1-3-10(11)13/h1-4H,5-9H2,(H2,18,21). The topological polar surface area (TPSA) is 58.8 Å². The number of rotatable bonds is 1. The number of nitrogens with two attached hydrogens (primary N) is 1. The molecule has 22 heavy (non-hydrogen) atoms. The number of alkyl halides is 3. The Kier molecular flexibility index (Phi) is 3.53. The minimum Gasteiger partial charge on any atom is -0.351 e. The van der Waals surface area contributed by atoms with Crippen molar-refractivity contribution in [2.24, 2.45) is 5.73 Å². The predicted molar refractivity (Wildman–Crippen MR) is 73.0 cm³/mol. The minimum atomic E-state index is -4.67. The Morgan fingerprint density at radius 2 is 1.86 bits per heavy atom. The van der Waals surface area contributed by atoms with Gasteiger partial charge in [0, 0.05) is 30.7 Å². The third-order valence-electron chi connectivity index (χ3n) is 4.41. The molecule has 2 aliphatic rings. The highest BCUT2D eigenvalue weighted by Gasteiger charge is 2.47. The van der Waals surface area contributed by atoms with E-state index >= 15 is 0 Å². The highest BCUT2D eigenvalue weighted by molar-refractivity contribution is 5.94. The Labute approximate surface area is 125 Å². The number of carbonyl (C=O) groups excluding carboxylic acids is 1. The van der Waals surface area contributed by atoms with Gasteiger partial charge in [0.15, 0.2) is 0 Å². The summed E-state index contributed by atoms with van der Waals surface area (Å²) in [6.45, 7) is 0.711. The van der Waals surface area contributed by atoms with Crippen molar-refractivity contribution in [3.63, 3.8) is 0 Å². The lowest BCUT2D eigenvalue weighted by molar-refractivity contribution is -0.417. The van der Waals surface area contributed by atoms with Gasteiger partial charge in [-0.2, -0.15) is 5.06 Å². The van der Waals surface area contributed by atoms with E-state index in [4.69, 9.17) is 5.73 Å². The minimum absolute atomic E-state index is 0.153. The number of benzene rings is 1. The average Bonchev–Trinajstić information content (AvgIpc) is 2.76. The van der Waals surface area contributed by atoms with Crippen LogP contribution in [0.15, 0.2) is 24.3 Å². The first-order chi connectivity index (χ1) is 10.3. The van der Waals surface area contributed by atoms with E-state index in [2.05, 4.69) is 4.84 Å². The van der Waals surface area contributed by atoms with Crippen molar-refractivity contribution in [1.29, 1.82) is 0 Å². The molecule has 3 rings (SSSR count). The third kappa shape index (κ3) is 2.64. The molecule has 2 heterocycles. The molecule has 0 aliphatic carbocycles. The molecule has 8 heteroatoms. The third-order valence-corrected chi connectivity index (χ3v) is 4.41. The van der Waals surface area contributed by atoms with Crippen LogP contribution in [0.3, 0.4) is 0 Å². The fraction of sp³-hybridized carbons (Fsp3) is 0.500. The lowest BCUT2D eigenvalue weighted by Crippen LogP contribution is -2.48. The van der Waals surface area contributed by atoms with Crippen LogP contribution in [0.2, 0.25) is 0 Å². The maximum atomic E-state index is 12.3. The van der Waals surface area contributed by atoms with Crippen LogP contribution in [-0.2, 0) is 10.3 Å². The van der Waals surface area contributed by atoms with Crippen molar-refractivity contribution in [1.82, 2.24) is 5.06 Å². The first-order valence-corrected chi connectivity index (χ1v) is 6.98. The van der Waals surface area contributed by atoms with Crippen LogP contribution < -0.4 is 10.6 Å². The molecule has 1 saturated heterocycles. The average molecular weight is 315 g/mol. The molecule has 0 radical (unpaired) electrons. The maximum absolute atomic E-state index is 12.3. The second kappa shape index (κ2) is 5.13. The van der Waals surface area contributed by atoms with Gasteiger partial charge in [-0.3, -0.25) is 4.90 Å². The zero-order chi connectivity index (χ0) is 16.0. The van der Waals surface area contributed by atoms with E-state index in [0.29, 0.717) is 19.4 Å². The molecule has 1 aromatic carbocycles. The lowest BCUT2D eigenvalue weighted by atomic mass is 9.75. The Morgan fingerprint density at radius 3 is 2.45 bits per heavy atom. The highest BCUT2D eigenvalue weighted by atomic mass is 19.4. The van der Waals surface area contributed by atoms with Gasteiger partial charge in [0.05, 0.1) is 0 Å². The zero-order valence-corrected chi connectivity index (χ0v) is 11.8. The molecule has 120 valence electrons. The number of amides is 2. The summed E-state index contributed by atoms with van der Waals surface area (Å²) < 4.78 is 36.8. The van der Waals surface area contributed by atoms with Gasteiger partial charge in [-0.05, 0) is 24.5 Å². The van der Waals surface area contributed by atoms with Crippen LogP contribution >= 0.6 is 0 Å². The van der Waals surface area contributed by atoms with Crippen LogP contribution in [0, 0.1) is 0 Å². The van der Waals surface area contributed by atoms with E-state index < -0.39 is 12.4 Å². The molecular weight excluding hydrogens is 299 g/mol. The van der Waals surface area contributed by atoms with Gasteiger partial charge in [0.25, 0.3) is 0 Å². The van der Waals surface area contributed by atoms with Crippen molar-refractivity contribution in [3.05, 3.63) is 29.8 Å². The summed E-state index contributed by atoms with van der Waals surface area (Å²) in [5.74, 6) is 0. The summed E-state index contributed by atoms with van der Waals surface area (Å²) in [7, 11) is 0. The fourth-order valence-electron chi connectivity index (χ4n) is 3.41. The molecule has 2 aliphatic heterocycles. The zero-order valence-electron chi connectivity index (χ0n) is 11.8. The smallest absolute Gasteiger partial charge is 0.351 e. The van der Waals surface area contributed by atoms with Crippen LogP contribution in [0.5, 0.6) is 0 Å². The summed E-state index contributed by atoms with van der Waals surface area (Å²) in [5, 5.41) is 0.931. The number of anilines is 1. The van der Waals surface area contributed by atoms with Crippen molar-refractivity contribution >= 4 is 11.7 Å². The molecule has 2 amide bonds. The van der Waals surface area contributed by atoms with Gasteiger partial charge in [0.1, 0.15) is 0 Å². The van der Waals surface area contributed by atoms with E-state index in [1.54, 1.807) is 0 Å². The Balaban J connectivity index is 1.80. The molecule has 1 aromatic rings. The number of nitrogens with zero attached hydrogens (tertiary/aromatic N) is 2. The molecule has 0 atom stereocenters.